The Bertz CT molecular complexity index is 1010. The van der Waals surface area contributed by atoms with Crippen molar-refractivity contribution < 1.29 is 22.0 Å². The van der Waals surface area contributed by atoms with Gasteiger partial charge in [-0.25, -0.2) is 21.9 Å². The van der Waals surface area contributed by atoms with Gasteiger partial charge in [0.05, 0.1) is 9.75 Å². The highest BCUT2D eigenvalue weighted by Gasteiger charge is 2.20. The summed E-state index contributed by atoms with van der Waals surface area (Å²) in [5, 5.41) is 1.80. The fraction of sp³-hybridized carbons (Fsp3) is 0.0625. The lowest BCUT2D eigenvalue weighted by Gasteiger charge is -2.06. The van der Waals surface area contributed by atoms with Crippen molar-refractivity contribution in [1.29, 1.82) is 0 Å². The highest BCUT2D eigenvalue weighted by atomic mass is 32.2. The maximum atomic E-state index is 13.6. The number of rotatable bonds is 6. The smallest absolute Gasteiger partial charge is 0.243 e. The Labute approximate surface area is 150 Å². The average Bonchev–Trinajstić information content (AvgIpc) is 3.26. The Morgan fingerprint density at radius 2 is 1.88 bits per heavy atom. The molecule has 0 amide bonds. The lowest BCUT2D eigenvalue weighted by Crippen LogP contribution is -2.24. The molecule has 3 aromatic rings. The van der Waals surface area contributed by atoms with Crippen LogP contribution in [0.25, 0.3) is 0 Å². The number of carbonyl (C=O) groups excluding carboxylic acids is 1. The van der Waals surface area contributed by atoms with Gasteiger partial charge >= 0.3 is 0 Å². The zero-order valence-electron chi connectivity index (χ0n) is 12.5. The van der Waals surface area contributed by atoms with E-state index >= 15 is 0 Å². The molecular weight excluding hydrogens is 388 g/mol. The molecule has 2 heterocycles. The average molecular weight is 399 g/mol. The lowest BCUT2D eigenvalue weighted by molar-refractivity contribution is 0.104. The molecule has 0 fully saturated rings. The Kier molecular flexibility index (Phi) is 5.09. The minimum atomic E-state index is -4.21. The third kappa shape index (κ3) is 4.01. The van der Waals surface area contributed by atoms with Crippen molar-refractivity contribution >= 4 is 38.5 Å². The fourth-order valence-electron chi connectivity index (χ4n) is 2.05. The summed E-state index contributed by atoms with van der Waals surface area (Å²) < 4.78 is 53.3. The highest BCUT2D eigenvalue weighted by Crippen LogP contribution is 2.23. The minimum Gasteiger partial charge on any atom is -0.287 e. The van der Waals surface area contributed by atoms with Crippen molar-refractivity contribution in [2.24, 2.45) is 0 Å². The van der Waals surface area contributed by atoms with E-state index in [1.807, 2.05) is 0 Å². The van der Waals surface area contributed by atoms with Crippen LogP contribution in [0.3, 0.4) is 0 Å². The van der Waals surface area contributed by atoms with Crippen LogP contribution in [0, 0.1) is 11.6 Å². The number of hydrogen-bond acceptors (Lipinski definition) is 5. The number of benzene rings is 1. The Morgan fingerprint density at radius 3 is 2.60 bits per heavy atom. The number of nitrogens with one attached hydrogen (secondary N) is 1. The molecule has 9 heteroatoms. The van der Waals surface area contributed by atoms with Crippen molar-refractivity contribution in [2.75, 3.05) is 0 Å². The summed E-state index contributed by atoms with van der Waals surface area (Å²) >= 11 is 2.47. The first-order valence-electron chi connectivity index (χ1n) is 6.98. The molecule has 1 N–H and O–H groups in total. The monoisotopic (exact) mass is 399 g/mol. The third-order valence-corrected chi connectivity index (χ3v) is 6.62. The predicted octanol–water partition coefficient (Wildman–Crippen LogP) is 3.80. The Balaban J connectivity index is 1.74. The van der Waals surface area contributed by atoms with Crippen LogP contribution >= 0.6 is 22.7 Å². The van der Waals surface area contributed by atoms with Gasteiger partial charge in [0, 0.05) is 11.4 Å². The molecule has 1 aromatic carbocycles. The van der Waals surface area contributed by atoms with Crippen LogP contribution in [0.2, 0.25) is 0 Å². The lowest BCUT2D eigenvalue weighted by atomic mass is 10.3. The maximum Gasteiger partial charge on any atom is 0.243 e. The van der Waals surface area contributed by atoms with Gasteiger partial charge in [0.15, 0.2) is 0 Å². The summed E-state index contributed by atoms with van der Waals surface area (Å²) in [6, 6.07) is 8.94. The van der Waals surface area contributed by atoms with E-state index in [4.69, 9.17) is 0 Å². The molecule has 130 valence electrons. The third-order valence-electron chi connectivity index (χ3n) is 3.25. The van der Waals surface area contributed by atoms with Crippen molar-refractivity contribution in [2.45, 2.75) is 11.4 Å². The van der Waals surface area contributed by atoms with Crippen molar-refractivity contribution in [3.63, 3.8) is 0 Å². The zero-order chi connectivity index (χ0) is 18.0. The SMILES string of the molecule is O=C(c1cccs1)c1ccc(CNS(=O)(=O)c2cc(F)ccc2F)s1. The number of ketones is 1. The molecule has 0 radical (unpaired) electrons. The Hall–Kier alpha value is -1.94. The topological polar surface area (TPSA) is 63.2 Å². The maximum absolute atomic E-state index is 13.6. The number of halogens is 2. The van der Waals surface area contributed by atoms with E-state index in [1.54, 1.807) is 29.6 Å². The van der Waals surface area contributed by atoms with Crippen LogP contribution in [0.15, 0.2) is 52.7 Å². The number of thiophene rings is 2. The van der Waals surface area contributed by atoms with Crippen LogP contribution in [-0.4, -0.2) is 14.2 Å². The van der Waals surface area contributed by atoms with E-state index < -0.39 is 26.6 Å². The largest absolute Gasteiger partial charge is 0.287 e. The first-order valence-corrected chi connectivity index (χ1v) is 10.2. The second-order valence-corrected chi connectivity index (χ2v) is 8.82. The van der Waals surface area contributed by atoms with Gasteiger partial charge in [0.2, 0.25) is 15.8 Å². The van der Waals surface area contributed by atoms with Crippen LogP contribution in [0.5, 0.6) is 0 Å². The van der Waals surface area contributed by atoms with Gasteiger partial charge in [0.25, 0.3) is 0 Å². The van der Waals surface area contributed by atoms with E-state index in [0.29, 0.717) is 20.7 Å². The zero-order valence-corrected chi connectivity index (χ0v) is 15.0. The van der Waals surface area contributed by atoms with Gasteiger partial charge in [0.1, 0.15) is 16.5 Å². The second kappa shape index (κ2) is 7.12. The van der Waals surface area contributed by atoms with Crippen LogP contribution in [0.4, 0.5) is 8.78 Å². The summed E-state index contributed by atoms with van der Waals surface area (Å²) in [6.07, 6.45) is 0. The molecule has 25 heavy (non-hydrogen) atoms. The molecule has 0 aliphatic carbocycles. The van der Waals surface area contributed by atoms with E-state index in [0.717, 1.165) is 23.5 Å². The first-order chi connectivity index (χ1) is 11.9. The molecule has 2 aromatic heterocycles. The standard InChI is InChI=1S/C16H11F2NO3S3/c17-10-3-5-12(18)15(8-10)25(21,22)19-9-11-4-6-14(24-11)16(20)13-2-1-7-23-13/h1-8,19H,9H2. The molecule has 4 nitrogen and oxygen atoms in total. The number of hydrogen-bond donors (Lipinski definition) is 1. The second-order valence-electron chi connectivity index (χ2n) is 4.97. The summed E-state index contributed by atoms with van der Waals surface area (Å²) in [7, 11) is -4.21. The molecule has 0 aliphatic heterocycles. The predicted molar refractivity (Wildman–Crippen MR) is 92.5 cm³/mol. The van der Waals surface area contributed by atoms with Gasteiger partial charge in [-0.15, -0.1) is 22.7 Å². The molecule has 0 bridgehead atoms. The molecule has 0 aliphatic rings. The van der Waals surface area contributed by atoms with Crippen LogP contribution in [-0.2, 0) is 16.6 Å². The van der Waals surface area contributed by atoms with Crippen molar-refractivity contribution in [3.8, 4) is 0 Å². The van der Waals surface area contributed by atoms with E-state index in [-0.39, 0.29) is 12.3 Å². The molecule has 0 saturated heterocycles. The first kappa shape index (κ1) is 17.9. The van der Waals surface area contributed by atoms with E-state index in [9.17, 15) is 22.0 Å². The number of sulfonamides is 1. The summed E-state index contributed by atoms with van der Waals surface area (Å²) in [5.41, 5.74) is 0. The van der Waals surface area contributed by atoms with Crippen molar-refractivity contribution in [1.82, 2.24) is 4.72 Å². The molecule has 0 atom stereocenters. The molecule has 0 spiro atoms. The molecule has 3 rings (SSSR count). The Morgan fingerprint density at radius 1 is 1.08 bits per heavy atom. The normalized spacial score (nSPS) is 11.6. The van der Waals surface area contributed by atoms with Crippen molar-refractivity contribution in [3.05, 3.63) is 74.1 Å². The fourth-order valence-corrected chi connectivity index (χ4v) is 4.88. The van der Waals surface area contributed by atoms with Crippen LogP contribution in [0.1, 0.15) is 19.4 Å². The van der Waals surface area contributed by atoms with Gasteiger partial charge in [-0.1, -0.05) is 6.07 Å². The van der Waals surface area contributed by atoms with Gasteiger partial charge in [-0.3, -0.25) is 4.79 Å². The molecule has 0 saturated carbocycles. The minimum absolute atomic E-state index is 0.124. The van der Waals surface area contributed by atoms with E-state index in [1.165, 1.54) is 11.3 Å². The van der Waals surface area contributed by atoms with Gasteiger partial charge in [-0.2, -0.15) is 0 Å². The van der Waals surface area contributed by atoms with Gasteiger partial charge < -0.3 is 0 Å². The summed E-state index contributed by atoms with van der Waals surface area (Å²) in [5.74, 6) is -2.01. The highest BCUT2D eigenvalue weighted by molar-refractivity contribution is 7.89. The quantitative estimate of drug-likeness (QED) is 0.642. The van der Waals surface area contributed by atoms with E-state index in [2.05, 4.69) is 4.72 Å². The number of carbonyl (C=O) groups is 1. The molecular formula is C16H11F2NO3S3. The summed E-state index contributed by atoms with van der Waals surface area (Å²) in [6.45, 7) is -0.124. The summed E-state index contributed by atoms with van der Waals surface area (Å²) in [4.78, 5) is 13.1. The van der Waals surface area contributed by atoms with Crippen LogP contribution < -0.4 is 4.72 Å². The van der Waals surface area contributed by atoms with Gasteiger partial charge in [-0.05, 0) is 41.8 Å². The molecule has 0 unspecified atom stereocenters.